The van der Waals surface area contributed by atoms with Crippen molar-refractivity contribution in [1.82, 2.24) is 4.57 Å². The first-order chi connectivity index (χ1) is 28.7. The number of hydrogen-bond acceptors (Lipinski definition) is 1. The second kappa shape index (κ2) is 13.9. The van der Waals surface area contributed by atoms with Crippen molar-refractivity contribution in [2.24, 2.45) is 11.8 Å². The lowest BCUT2D eigenvalue weighted by atomic mass is 9.62. The predicted molar refractivity (Wildman–Crippen MR) is 245 cm³/mol. The van der Waals surface area contributed by atoms with Gasteiger partial charge < -0.3 is 9.47 Å². The maximum absolute atomic E-state index is 2.48. The molecule has 1 heterocycles. The number of fused-ring (bicyclic) bond motifs is 6. The fourth-order valence-corrected chi connectivity index (χ4v) is 10.2. The molecule has 0 amide bonds. The van der Waals surface area contributed by atoms with Crippen molar-refractivity contribution in [2.75, 3.05) is 4.90 Å². The van der Waals surface area contributed by atoms with Crippen LogP contribution in [0.2, 0.25) is 0 Å². The SMILES string of the molecule is CC1C=C(n2c3ccccc3c3cc(-c4ccc(N(c5ccccc5)c5ccc6c(c5)C(c5ccccc5)([C@H]5C=CC=CC5)c5ccccc5-6)cc4)ccc32)C=CC1. The van der Waals surface area contributed by atoms with Gasteiger partial charge in [-0.05, 0) is 124 Å². The summed E-state index contributed by atoms with van der Waals surface area (Å²) in [5.74, 6) is 0.795. The Kier molecular flexibility index (Phi) is 8.25. The Morgan fingerprint density at radius 2 is 1.22 bits per heavy atom. The summed E-state index contributed by atoms with van der Waals surface area (Å²) in [5.41, 5.74) is 16.0. The van der Waals surface area contributed by atoms with Gasteiger partial charge in [-0.25, -0.2) is 0 Å². The van der Waals surface area contributed by atoms with Crippen molar-refractivity contribution in [3.63, 3.8) is 0 Å². The van der Waals surface area contributed by atoms with E-state index in [0.29, 0.717) is 5.92 Å². The summed E-state index contributed by atoms with van der Waals surface area (Å²) < 4.78 is 2.43. The molecule has 0 spiro atoms. The third-order valence-corrected chi connectivity index (χ3v) is 12.7. The quantitative estimate of drug-likeness (QED) is 0.158. The second-order valence-corrected chi connectivity index (χ2v) is 16.1. The van der Waals surface area contributed by atoms with Gasteiger partial charge in [0.05, 0.1) is 16.4 Å². The third-order valence-electron chi connectivity index (χ3n) is 12.7. The van der Waals surface area contributed by atoms with Gasteiger partial charge >= 0.3 is 0 Å². The first-order valence-electron chi connectivity index (χ1n) is 20.7. The number of anilines is 3. The number of benzene rings is 7. The molecule has 0 aliphatic heterocycles. The van der Waals surface area contributed by atoms with Gasteiger partial charge in [0.1, 0.15) is 0 Å². The lowest BCUT2D eigenvalue weighted by molar-refractivity contribution is 0.457. The zero-order valence-corrected chi connectivity index (χ0v) is 32.7. The van der Waals surface area contributed by atoms with Gasteiger partial charge in [0, 0.05) is 33.5 Å². The highest BCUT2D eigenvalue weighted by molar-refractivity contribution is 6.11. The molecular weight excluding hydrogens is 701 g/mol. The van der Waals surface area contributed by atoms with Crippen LogP contribution >= 0.6 is 0 Å². The van der Waals surface area contributed by atoms with Crippen LogP contribution in [0.5, 0.6) is 0 Å². The van der Waals surface area contributed by atoms with Crippen LogP contribution in [0.4, 0.5) is 17.1 Å². The molecule has 2 nitrogen and oxygen atoms in total. The minimum Gasteiger partial charge on any atom is -0.310 e. The molecule has 0 N–H and O–H groups in total. The van der Waals surface area contributed by atoms with E-state index in [1.165, 1.54) is 66.4 Å². The first-order valence-corrected chi connectivity index (χ1v) is 20.7. The van der Waals surface area contributed by atoms with Crippen LogP contribution in [0.25, 0.3) is 49.8 Å². The number of aromatic nitrogens is 1. The standard InChI is InChI=1S/C56H44N2/c1-39-16-15-23-46(36-39)58-54-27-14-12-25-50(54)51-37-41(30-35-55(51)58)40-28-31-45(32-29-40)57(44-21-9-4-10-22-44)47-33-34-49-48-24-11-13-26-52(48)56(53(49)38-47,42-17-5-2-6-18-42)43-19-7-3-8-20-43/h2-15,17-19,21-39,43H,16,20H2,1H3/t39?,43-,56?/m0/s1. The predicted octanol–water partition coefficient (Wildman–Crippen LogP) is 14.8. The minimum atomic E-state index is -0.333. The molecule has 7 aromatic carbocycles. The molecule has 8 aromatic rings. The Hall–Kier alpha value is -6.90. The number of para-hydroxylation sites is 2. The smallest absolute Gasteiger partial charge is 0.0541 e. The van der Waals surface area contributed by atoms with Crippen LogP contribution in [0.15, 0.2) is 212 Å². The maximum Gasteiger partial charge on any atom is 0.0541 e. The average Bonchev–Trinajstić information content (AvgIpc) is 3.78. The Labute approximate surface area is 341 Å². The van der Waals surface area contributed by atoms with Crippen LogP contribution in [0.3, 0.4) is 0 Å². The van der Waals surface area contributed by atoms with Gasteiger partial charge in [-0.2, -0.15) is 0 Å². The van der Waals surface area contributed by atoms with E-state index in [1.807, 2.05) is 0 Å². The highest BCUT2D eigenvalue weighted by Gasteiger charge is 2.49. The molecule has 3 aliphatic rings. The van der Waals surface area contributed by atoms with Gasteiger partial charge in [0.2, 0.25) is 0 Å². The van der Waals surface area contributed by atoms with Crippen molar-refractivity contribution in [1.29, 1.82) is 0 Å². The van der Waals surface area contributed by atoms with Crippen molar-refractivity contribution in [3.8, 4) is 22.3 Å². The van der Waals surface area contributed by atoms with E-state index in [0.717, 1.165) is 29.9 Å². The van der Waals surface area contributed by atoms with E-state index >= 15 is 0 Å². The molecule has 0 fully saturated rings. The summed E-state index contributed by atoms with van der Waals surface area (Å²) in [6, 6.07) is 63.2. The summed E-state index contributed by atoms with van der Waals surface area (Å²) in [6.45, 7) is 2.30. The van der Waals surface area contributed by atoms with Crippen LogP contribution in [-0.4, -0.2) is 4.57 Å². The summed E-state index contributed by atoms with van der Waals surface area (Å²) in [7, 11) is 0. The fraction of sp³-hybridized carbons (Fsp3) is 0.107. The van der Waals surface area contributed by atoms with E-state index in [-0.39, 0.29) is 11.3 Å². The summed E-state index contributed by atoms with van der Waals surface area (Å²) >= 11 is 0. The van der Waals surface area contributed by atoms with Crippen molar-refractivity contribution in [2.45, 2.75) is 25.2 Å². The second-order valence-electron chi connectivity index (χ2n) is 16.1. The van der Waals surface area contributed by atoms with Crippen LogP contribution in [-0.2, 0) is 5.41 Å². The highest BCUT2D eigenvalue weighted by Crippen LogP contribution is 2.59. The molecule has 278 valence electrons. The van der Waals surface area contributed by atoms with Gasteiger partial charge in [0.25, 0.3) is 0 Å². The summed E-state index contributed by atoms with van der Waals surface area (Å²) in [4.78, 5) is 2.42. The monoisotopic (exact) mass is 744 g/mol. The summed E-state index contributed by atoms with van der Waals surface area (Å²) in [5, 5.41) is 2.56. The van der Waals surface area contributed by atoms with Crippen molar-refractivity contribution >= 4 is 44.6 Å². The fourth-order valence-electron chi connectivity index (χ4n) is 10.2. The zero-order chi connectivity index (χ0) is 38.6. The van der Waals surface area contributed by atoms with Gasteiger partial charge in [-0.1, -0.05) is 159 Å². The van der Waals surface area contributed by atoms with Gasteiger partial charge in [-0.3, -0.25) is 0 Å². The van der Waals surface area contributed by atoms with Crippen LogP contribution < -0.4 is 4.90 Å². The molecule has 3 atom stereocenters. The van der Waals surface area contributed by atoms with Gasteiger partial charge in [0.15, 0.2) is 0 Å². The van der Waals surface area contributed by atoms with Crippen LogP contribution in [0.1, 0.15) is 36.5 Å². The molecule has 0 saturated carbocycles. The topological polar surface area (TPSA) is 8.17 Å². The molecule has 1 aromatic heterocycles. The molecule has 2 unspecified atom stereocenters. The molecule has 2 heteroatoms. The average molecular weight is 745 g/mol. The van der Waals surface area contributed by atoms with E-state index in [1.54, 1.807) is 0 Å². The lowest BCUT2D eigenvalue weighted by Crippen LogP contribution is -2.35. The Morgan fingerprint density at radius 3 is 2.03 bits per heavy atom. The maximum atomic E-state index is 2.48. The Balaban J connectivity index is 1.04. The normalized spacial score (nSPS) is 19.3. The highest BCUT2D eigenvalue weighted by atomic mass is 15.1. The third kappa shape index (κ3) is 5.40. The minimum absolute atomic E-state index is 0.271. The molecule has 0 radical (unpaired) electrons. The van der Waals surface area contributed by atoms with Crippen LogP contribution in [0, 0.1) is 11.8 Å². The molecule has 11 rings (SSSR count). The molecule has 0 bridgehead atoms. The first kappa shape index (κ1) is 34.4. The number of allylic oxidation sites excluding steroid dienone is 8. The molecule has 3 aliphatic carbocycles. The van der Waals surface area contributed by atoms with E-state index < -0.39 is 0 Å². The molecular formula is C56H44N2. The number of nitrogens with zero attached hydrogens (tertiary/aromatic N) is 2. The zero-order valence-electron chi connectivity index (χ0n) is 32.7. The molecule has 58 heavy (non-hydrogen) atoms. The largest absolute Gasteiger partial charge is 0.310 e. The molecule has 0 saturated heterocycles. The van der Waals surface area contributed by atoms with Crippen molar-refractivity contribution < 1.29 is 0 Å². The van der Waals surface area contributed by atoms with Crippen molar-refractivity contribution in [3.05, 3.63) is 229 Å². The van der Waals surface area contributed by atoms with Gasteiger partial charge in [-0.15, -0.1) is 0 Å². The Morgan fingerprint density at radius 1 is 0.534 bits per heavy atom. The van der Waals surface area contributed by atoms with E-state index in [2.05, 4.69) is 229 Å². The number of hydrogen-bond donors (Lipinski definition) is 0. The summed E-state index contributed by atoms with van der Waals surface area (Å²) in [6.07, 6.45) is 18.3. The van der Waals surface area contributed by atoms with E-state index in [4.69, 9.17) is 0 Å². The Bertz CT molecular complexity index is 2960. The number of rotatable bonds is 7. The van der Waals surface area contributed by atoms with E-state index in [9.17, 15) is 0 Å². The lowest BCUT2D eigenvalue weighted by Gasteiger charge is -2.40.